The van der Waals surface area contributed by atoms with Crippen LogP contribution in [0.5, 0.6) is 17.2 Å². The Kier molecular flexibility index (Phi) is 7.15. The summed E-state index contributed by atoms with van der Waals surface area (Å²) in [5, 5.41) is 2.83. The molecule has 0 radical (unpaired) electrons. The van der Waals surface area contributed by atoms with E-state index in [1.54, 1.807) is 58.0 Å². The molecule has 124 valence electrons. The zero-order valence-corrected chi connectivity index (χ0v) is 14.0. The van der Waals surface area contributed by atoms with Gasteiger partial charge in [-0.25, -0.2) is 0 Å². The van der Waals surface area contributed by atoms with Crippen LogP contribution >= 0.6 is 12.4 Å². The van der Waals surface area contributed by atoms with E-state index in [2.05, 4.69) is 10.3 Å². The zero-order chi connectivity index (χ0) is 15.9. The van der Waals surface area contributed by atoms with Crippen LogP contribution in [0.3, 0.4) is 0 Å². The molecule has 0 unspecified atom stereocenters. The molecule has 0 aliphatic rings. The Morgan fingerprint density at radius 2 is 1.61 bits per heavy atom. The van der Waals surface area contributed by atoms with Crippen molar-refractivity contribution in [1.82, 2.24) is 10.3 Å². The van der Waals surface area contributed by atoms with Gasteiger partial charge >= 0.3 is 0 Å². The number of benzene rings is 1. The Balaban J connectivity index is 0.00000264. The summed E-state index contributed by atoms with van der Waals surface area (Å²) in [6, 6.07) is 6.79. The Morgan fingerprint density at radius 1 is 1.04 bits per heavy atom. The van der Waals surface area contributed by atoms with Gasteiger partial charge in [0.2, 0.25) is 0 Å². The van der Waals surface area contributed by atoms with Crippen LogP contribution in [0, 0.1) is 0 Å². The van der Waals surface area contributed by atoms with E-state index in [9.17, 15) is 4.79 Å². The predicted molar refractivity (Wildman–Crippen MR) is 88.8 cm³/mol. The van der Waals surface area contributed by atoms with Gasteiger partial charge in [-0.05, 0) is 12.1 Å². The molecule has 1 aromatic carbocycles. The maximum atomic E-state index is 12.1. The summed E-state index contributed by atoms with van der Waals surface area (Å²) in [7, 11) is 4.68. The fourth-order valence-electron chi connectivity index (χ4n) is 2.03. The van der Waals surface area contributed by atoms with E-state index in [1.165, 1.54) is 0 Å². The van der Waals surface area contributed by atoms with Crippen LogP contribution in [-0.2, 0) is 6.54 Å². The van der Waals surface area contributed by atoms with E-state index in [4.69, 9.17) is 14.2 Å². The van der Waals surface area contributed by atoms with Crippen LogP contribution in [0.15, 0.2) is 36.7 Å². The van der Waals surface area contributed by atoms with Crippen molar-refractivity contribution in [3.8, 4) is 17.2 Å². The highest BCUT2D eigenvalue weighted by atomic mass is 35.5. The highest BCUT2D eigenvalue weighted by Gasteiger charge is 2.14. The molecular formula is C16H19ClN2O4. The maximum absolute atomic E-state index is 12.1. The molecule has 6 nitrogen and oxygen atoms in total. The van der Waals surface area contributed by atoms with E-state index >= 15 is 0 Å². The van der Waals surface area contributed by atoms with Crippen molar-refractivity contribution < 1.29 is 19.0 Å². The van der Waals surface area contributed by atoms with Gasteiger partial charge in [-0.1, -0.05) is 0 Å². The third kappa shape index (κ3) is 4.50. The van der Waals surface area contributed by atoms with Crippen LogP contribution in [0.25, 0.3) is 0 Å². The molecule has 23 heavy (non-hydrogen) atoms. The van der Waals surface area contributed by atoms with E-state index in [0.717, 1.165) is 5.56 Å². The van der Waals surface area contributed by atoms with Crippen molar-refractivity contribution in [2.45, 2.75) is 6.54 Å². The third-order valence-electron chi connectivity index (χ3n) is 3.19. The average Bonchev–Trinajstić information content (AvgIpc) is 2.59. The fraction of sp³-hybridized carbons (Fsp3) is 0.250. The first-order valence-corrected chi connectivity index (χ1v) is 6.66. The molecule has 1 N–H and O–H groups in total. The molecule has 0 atom stereocenters. The molecule has 0 spiro atoms. The first-order chi connectivity index (χ1) is 10.7. The van der Waals surface area contributed by atoms with Crippen molar-refractivity contribution >= 4 is 18.3 Å². The minimum Gasteiger partial charge on any atom is -0.496 e. The number of hydrogen-bond acceptors (Lipinski definition) is 5. The lowest BCUT2D eigenvalue weighted by Gasteiger charge is -2.15. The number of amides is 1. The summed E-state index contributed by atoms with van der Waals surface area (Å²) < 4.78 is 15.9. The normalized spacial score (nSPS) is 9.52. The molecule has 2 aromatic rings. The Labute approximate surface area is 141 Å². The second kappa shape index (κ2) is 8.85. The average molecular weight is 339 g/mol. The van der Waals surface area contributed by atoms with Gasteiger partial charge in [0.25, 0.3) is 5.91 Å². The van der Waals surface area contributed by atoms with Crippen molar-refractivity contribution in [2.75, 3.05) is 21.3 Å². The first kappa shape index (κ1) is 18.6. The summed E-state index contributed by atoms with van der Waals surface area (Å²) >= 11 is 0. The topological polar surface area (TPSA) is 69.7 Å². The minimum absolute atomic E-state index is 0. The number of hydrogen-bond donors (Lipinski definition) is 1. The quantitative estimate of drug-likeness (QED) is 0.876. The number of pyridine rings is 1. The number of ether oxygens (including phenoxy) is 3. The SMILES string of the molecule is COc1cc(OC)c(CNC(=O)c2ccncc2)c(OC)c1.Cl. The molecule has 0 aliphatic heterocycles. The van der Waals surface area contributed by atoms with Gasteiger partial charge in [0.15, 0.2) is 0 Å². The molecule has 1 aromatic heterocycles. The standard InChI is InChI=1S/C16H18N2O4.ClH/c1-20-12-8-14(21-2)13(15(9-12)22-3)10-18-16(19)11-4-6-17-7-5-11;/h4-9H,10H2,1-3H3,(H,18,19);1H. The molecule has 2 rings (SSSR count). The second-order valence-electron chi connectivity index (χ2n) is 4.43. The van der Waals surface area contributed by atoms with Crippen LogP contribution < -0.4 is 19.5 Å². The number of nitrogens with one attached hydrogen (secondary N) is 1. The number of methoxy groups -OCH3 is 3. The molecule has 0 fully saturated rings. The molecule has 0 aliphatic carbocycles. The summed E-state index contributed by atoms with van der Waals surface area (Å²) in [5.41, 5.74) is 1.29. The molecule has 7 heteroatoms. The van der Waals surface area contributed by atoms with Crippen molar-refractivity contribution in [2.24, 2.45) is 0 Å². The molecule has 0 saturated carbocycles. The second-order valence-corrected chi connectivity index (χ2v) is 4.43. The number of carbonyl (C=O) groups excluding carboxylic acids is 1. The number of halogens is 1. The van der Waals surface area contributed by atoms with E-state index in [-0.39, 0.29) is 24.9 Å². The number of rotatable bonds is 6. The molecular weight excluding hydrogens is 320 g/mol. The van der Waals surface area contributed by atoms with Gasteiger partial charge in [0, 0.05) is 30.1 Å². The number of aromatic nitrogens is 1. The van der Waals surface area contributed by atoms with Crippen molar-refractivity contribution in [1.29, 1.82) is 0 Å². The van der Waals surface area contributed by atoms with E-state index < -0.39 is 0 Å². The lowest BCUT2D eigenvalue weighted by atomic mass is 10.1. The Hall–Kier alpha value is -2.47. The van der Waals surface area contributed by atoms with Gasteiger partial charge in [-0.3, -0.25) is 9.78 Å². The largest absolute Gasteiger partial charge is 0.496 e. The molecule has 0 bridgehead atoms. The lowest BCUT2D eigenvalue weighted by Crippen LogP contribution is -2.23. The Morgan fingerprint density at radius 3 is 2.09 bits per heavy atom. The van der Waals surface area contributed by atoms with E-state index in [1.807, 2.05) is 0 Å². The summed E-state index contributed by atoms with van der Waals surface area (Å²) in [6.45, 7) is 0.275. The fourth-order valence-corrected chi connectivity index (χ4v) is 2.03. The highest BCUT2D eigenvalue weighted by Crippen LogP contribution is 2.33. The molecule has 0 saturated heterocycles. The van der Waals surface area contributed by atoms with Crippen LogP contribution in [-0.4, -0.2) is 32.2 Å². The van der Waals surface area contributed by atoms with Gasteiger partial charge in [-0.15, -0.1) is 12.4 Å². The first-order valence-electron chi connectivity index (χ1n) is 6.66. The summed E-state index contributed by atoms with van der Waals surface area (Å²) in [6.07, 6.45) is 3.15. The number of carbonyl (C=O) groups is 1. The van der Waals surface area contributed by atoms with Crippen LogP contribution in [0.4, 0.5) is 0 Å². The smallest absolute Gasteiger partial charge is 0.251 e. The molecule has 1 heterocycles. The highest BCUT2D eigenvalue weighted by molar-refractivity contribution is 5.94. The Bertz CT molecular complexity index is 625. The van der Waals surface area contributed by atoms with Gasteiger partial charge in [0.1, 0.15) is 17.2 Å². The van der Waals surface area contributed by atoms with Gasteiger partial charge in [0.05, 0.1) is 33.4 Å². The molecule has 1 amide bonds. The summed E-state index contributed by atoms with van der Waals surface area (Å²) in [5.74, 6) is 1.61. The number of nitrogens with zero attached hydrogens (tertiary/aromatic N) is 1. The maximum Gasteiger partial charge on any atom is 0.251 e. The minimum atomic E-state index is -0.192. The lowest BCUT2D eigenvalue weighted by molar-refractivity contribution is 0.0950. The van der Waals surface area contributed by atoms with Crippen LogP contribution in [0.2, 0.25) is 0 Å². The van der Waals surface area contributed by atoms with Crippen molar-refractivity contribution in [3.63, 3.8) is 0 Å². The zero-order valence-electron chi connectivity index (χ0n) is 13.2. The monoisotopic (exact) mass is 338 g/mol. The predicted octanol–water partition coefficient (Wildman–Crippen LogP) is 2.46. The van der Waals surface area contributed by atoms with Gasteiger partial charge in [-0.2, -0.15) is 0 Å². The van der Waals surface area contributed by atoms with E-state index in [0.29, 0.717) is 22.8 Å². The van der Waals surface area contributed by atoms with Crippen LogP contribution in [0.1, 0.15) is 15.9 Å². The summed E-state index contributed by atoms with van der Waals surface area (Å²) in [4.78, 5) is 16.0. The van der Waals surface area contributed by atoms with Crippen molar-refractivity contribution in [3.05, 3.63) is 47.8 Å². The third-order valence-corrected chi connectivity index (χ3v) is 3.19. The van der Waals surface area contributed by atoms with Gasteiger partial charge < -0.3 is 19.5 Å².